The van der Waals surface area contributed by atoms with E-state index in [9.17, 15) is 0 Å². The van der Waals surface area contributed by atoms with E-state index in [2.05, 4.69) is 51.7 Å². The number of benzene rings is 2. The summed E-state index contributed by atoms with van der Waals surface area (Å²) < 4.78 is 0. The van der Waals surface area contributed by atoms with Gasteiger partial charge in [-0.05, 0) is 35.9 Å². The molecule has 4 heteroatoms. The maximum Gasteiger partial charge on any atom is 0.0931 e. The van der Waals surface area contributed by atoms with E-state index in [1.807, 2.05) is 13.1 Å². The van der Waals surface area contributed by atoms with Crippen molar-refractivity contribution in [3.8, 4) is 0 Å². The largest absolute Gasteiger partial charge is 0.345 e. The number of nitrogens with one attached hydrogen (secondary N) is 2. The maximum absolute atomic E-state index is 5.64. The van der Waals surface area contributed by atoms with Crippen molar-refractivity contribution >= 4 is 11.0 Å². The van der Waals surface area contributed by atoms with E-state index >= 15 is 0 Å². The maximum atomic E-state index is 5.64. The summed E-state index contributed by atoms with van der Waals surface area (Å²) in [5.41, 5.74) is 11.3. The second kappa shape index (κ2) is 5.45. The van der Waals surface area contributed by atoms with Gasteiger partial charge >= 0.3 is 0 Å². The highest BCUT2D eigenvalue weighted by molar-refractivity contribution is 5.75. The molecule has 1 atom stereocenters. The van der Waals surface area contributed by atoms with Gasteiger partial charge in [0.05, 0.1) is 23.4 Å². The average Bonchev–Trinajstić information content (AvgIpc) is 2.96. The monoisotopic (exact) mass is 266 g/mol. The first-order chi connectivity index (χ1) is 9.81. The first-order valence-electron chi connectivity index (χ1n) is 6.71. The van der Waals surface area contributed by atoms with Gasteiger partial charge in [0.1, 0.15) is 0 Å². The van der Waals surface area contributed by atoms with E-state index in [0.717, 1.165) is 16.6 Å². The molecule has 3 rings (SSSR count). The summed E-state index contributed by atoms with van der Waals surface area (Å²) in [5.74, 6) is 0. The first-order valence-corrected chi connectivity index (χ1v) is 6.71. The van der Waals surface area contributed by atoms with Crippen molar-refractivity contribution in [2.75, 3.05) is 7.05 Å². The molecule has 20 heavy (non-hydrogen) atoms. The molecule has 0 amide bonds. The molecule has 3 aromatic rings. The molecular formula is C16H18N4. The predicted octanol–water partition coefficient (Wildman–Crippen LogP) is 2.33. The molecular weight excluding hydrogens is 248 g/mol. The van der Waals surface area contributed by atoms with Crippen molar-refractivity contribution in [1.82, 2.24) is 15.3 Å². The van der Waals surface area contributed by atoms with Gasteiger partial charge in [-0.2, -0.15) is 0 Å². The van der Waals surface area contributed by atoms with Crippen molar-refractivity contribution in [3.05, 3.63) is 65.5 Å². The summed E-state index contributed by atoms with van der Waals surface area (Å²) in [7, 11) is 1.97. The van der Waals surface area contributed by atoms with Gasteiger partial charge in [-0.3, -0.25) is 0 Å². The Kier molecular flexibility index (Phi) is 3.50. The number of aromatic nitrogens is 2. The zero-order valence-corrected chi connectivity index (χ0v) is 11.4. The quantitative estimate of drug-likeness (QED) is 0.679. The summed E-state index contributed by atoms with van der Waals surface area (Å²) in [6.45, 7) is 0.574. The lowest BCUT2D eigenvalue weighted by Crippen LogP contribution is -2.17. The molecule has 1 heterocycles. The van der Waals surface area contributed by atoms with Crippen LogP contribution in [-0.4, -0.2) is 17.0 Å². The Labute approximate surface area is 118 Å². The van der Waals surface area contributed by atoms with Crippen LogP contribution in [0.1, 0.15) is 22.7 Å². The van der Waals surface area contributed by atoms with Gasteiger partial charge in [-0.1, -0.05) is 30.3 Å². The van der Waals surface area contributed by atoms with E-state index < -0.39 is 0 Å². The van der Waals surface area contributed by atoms with Crippen LogP contribution in [0.4, 0.5) is 0 Å². The van der Waals surface area contributed by atoms with E-state index in [1.54, 1.807) is 6.33 Å². The second-order valence-electron chi connectivity index (χ2n) is 4.85. The molecule has 4 nitrogen and oxygen atoms in total. The van der Waals surface area contributed by atoms with Crippen LogP contribution >= 0.6 is 0 Å². The number of aromatic amines is 1. The highest BCUT2D eigenvalue weighted by atomic mass is 14.9. The van der Waals surface area contributed by atoms with Crippen molar-refractivity contribution < 1.29 is 0 Å². The normalized spacial score (nSPS) is 12.7. The van der Waals surface area contributed by atoms with Crippen LogP contribution in [0.25, 0.3) is 11.0 Å². The fourth-order valence-corrected chi connectivity index (χ4v) is 2.50. The lowest BCUT2D eigenvalue weighted by Gasteiger charge is -2.17. The van der Waals surface area contributed by atoms with Gasteiger partial charge in [0.2, 0.25) is 0 Å². The van der Waals surface area contributed by atoms with Gasteiger partial charge in [0.15, 0.2) is 0 Å². The number of fused-ring (bicyclic) bond motifs is 1. The van der Waals surface area contributed by atoms with Crippen LogP contribution in [-0.2, 0) is 6.54 Å². The number of nitrogens with zero attached hydrogens (tertiary/aromatic N) is 1. The number of hydrogen-bond acceptors (Lipinski definition) is 3. The lowest BCUT2D eigenvalue weighted by molar-refractivity contribution is 0.692. The van der Waals surface area contributed by atoms with Gasteiger partial charge in [0.25, 0.3) is 0 Å². The van der Waals surface area contributed by atoms with E-state index in [-0.39, 0.29) is 6.04 Å². The zero-order valence-electron chi connectivity index (χ0n) is 11.4. The molecule has 1 unspecified atom stereocenters. The fourth-order valence-electron chi connectivity index (χ4n) is 2.50. The Hall–Kier alpha value is -2.17. The van der Waals surface area contributed by atoms with Crippen molar-refractivity contribution in [1.29, 1.82) is 0 Å². The summed E-state index contributed by atoms with van der Waals surface area (Å²) in [4.78, 5) is 7.40. The third-order valence-electron chi connectivity index (χ3n) is 3.62. The summed E-state index contributed by atoms with van der Waals surface area (Å²) >= 11 is 0. The van der Waals surface area contributed by atoms with Gasteiger partial charge in [0, 0.05) is 6.54 Å². The average molecular weight is 266 g/mol. The fraction of sp³-hybridized carbons (Fsp3) is 0.188. The number of imidazole rings is 1. The second-order valence-corrected chi connectivity index (χ2v) is 4.85. The Balaban J connectivity index is 1.98. The Morgan fingerprint density at radius 1 is 1.15 bits per heavy atom. The minimum atomic E-state index is 0.162. The van der Waals surface area contributed by atoms with Crippen LogP contribution in [0.15, 0.2) is 48.8 Å². The molecule has 4 N–H and O–H groups in total. The molecule has 0 aliphatic carbocycles. The van der Waals surface area contributed by atoms with Crippen LogP contribution in [0.3, 0.4) is 0 Å². The molecule has 102 valence electrons. The van der Waals surface area contributed by atoms with Gasteiger partial charge < -0.3 is 16.0 Å². The predicted molar refractivity (Wildman–Crippen MR) is 81.3 cm³/mol. The molecule has 0 fully saturated rings. The summed E-state index contributed by atoms with van der Waals surface area (Å²) in [6, 6.07) is 14.9. The third-order valence-corrected chi connectivity index (χ3v) is 3.62. The Bertz CT molecular complexity index is 700. The van der Waals surface area contributed by atoms with Crippen LogP contribution in [0.2, 0.25) is 0 Å². The number of H-pyrrole nitrogens is 1. The highest BCUT2D eigenvalue weighted by Gasteiger charge is 2.12. The molecule has 0 saturated heterocycles. The first kappa shape index (κ1) is 12.8. The number of rotatable bonds is 4. The van der Waals surface area contributed by atoms with E-state index in [1.165, 1.54) is 11.1 Å². The molecule has 2 aromatic carbocycles. The van der Waals surface area contributed by atoms with Gasteiger partial charge in [-0.25, -0.2) is 4.98 Å². The molecule has 0 bridgehead atoms. The number of nitrogens with two attached hydrogens (primary N) is 1. The van der Waals surface area contributed by atoms with Crippen LogP contribution in [0, 0.1) is 0 Å². The summed E-state index contributed by atoms with van der Waals surface area (Å²) in [6.07, 6.45) is 1.72. The minimum absolute atomic E-state index is 0.162. The molecule has 0 aliphatic rings. The lowest BCUT2D eigenvalue weighted by atomic mass is 9.97. The third kappa shape index (κ3) is 2.31. The topological polar surface area (TPSA) is 66.7 Å². The number of hydrogen-bond donors (Lipinski definition) is 3. The van der Waals surface area contributed by atoms with Crippen molar-refractivity contribution in [3.63, 3.8) is 0 Å². The standard InChI is InChI=1S/C16H18N4/c1-18-16(12-4-2-11(9-17)3-5-12)13-6-7-14-15(8-13)20-10-19-14/h2-8,10,16,18H,9,17H2,1H3,(H,19,20). The van der Waals surface area contributed by atoms with Crippen molar-refractivity contribution in [2.24, 2.45) is 5.73 Å². The smallest absolute Gasteiger partial charge is 0.0931 e. The Morgan fingerprint density at radius 3 is 2.60 bits per heavy atom. The molecule has 0 spiro atoms. The molecule has 0 radical (unpaired) electrons. The van der Waals surface area contributed by atoms with E-state index in [0.29, 0.717) is 6.54 Å². The Morgan fingerprint density at radius 2 is 1.90 bits per heavy atom. The zero-order chi connectivity index (χ0) is 13.9. The molecule has 1 aromatic heterocycles. The molecule has 0 aliphatic heterocycles. The van der Waals surface area contributed by atoms with E-state index in [4.69, 9.17) is 5.73 Å². The minimum Gasteiger partial charge on any atom is -0.345 e. The summed E-state index contributed by atoms with van der Waals surface area (Å²) in [5, 5.41) is 3.36. The SMILES string of the molecule is CNC(c1ccc(CN)cc1)c1ccc2nc[nH]c2c1. The molecule has 0 saturated carbocycles. The van der Waals surface area contributed by atoms with Crippen LogP contribution in [0.5, 0.6) is 0 Å². The van der Waals surface area contributed by atoms with Gasteiger partial charge in [-0.15, -0.1) is 0 Å². The highest BCUT2D eigenvalue weighted by Crippen LogP contribution is 2.24. The van der Waals surface area contributed by atoms with Crippen molar-refractivity contribution in [2.45, 2.75) is 12.6 Å². The van der Waals surface area contributed by atoms with Crippen LogP contribution < -0.4 is 11.1 Å².